The Labute approximate surface area is 78.9 Å². The summed E-state index contributed by atoms with van der Waals surface area (Å²) in [7, 11) is 0. The van der Waals surface area contributed by atoms with E-state index in [1.165, 1.54) is 12.8 Å². The van der Waals surface area contributed by atoms with E-state index in [0.29, 0.717) is 16.7 Å². The second-order valence-corrected chi connectivity index (χ2v) is 6.10. The van der Waals surface area contributed by atoms with Crippen LogP contribution in [-0.2, 0) is 4.79 Å². The molecule has 0 aromatic carbocycles. The second kappa shape index (κ2) is 1.67. The van der Waals surface area contributed by atoms with Gasteiger partial charge in [0.15, 0.2) is 0 Å². The summed E-state index contributed by atoms with van der Waals surface area (Å²) in [6.45, 7) is 4.70. The molecule has 13 heavy (non-hydrogen) atoms. The molecular formula is C11H17NO. The van der Waals surface area contributed by atoms with Crippen molar-refractivity contribution in [2.75, 3.05) is 0 Å². The molecule has 2 nitrogen and oxygen atoms in total. The van der Waals surface area contributed by atoms with Crippen LogP contribution in [0.3, 0.4) is 0 Å². The van der Waals surface area contributed by atoms with Crippen LogP contribution in [0.2, 0.25) is 0 Å². The number of rotatable bonds is 1. The largest absolute Gasteiger partial charge is 0.369 e. The van der Waals surface area contributed by atoms with Crippen molar-refractivity contribution in [3.05, 3.63) is 0 Å². The fourth-order valence-electron chi connectivity index (χ4n) is 4.73. The number of hydrogen-bond donors (Lipinski definition) is 1. The first-order valence-corrected chi connectivity index (χ1v) is 5.22. The maximum Gasteiger partial charge on any atom is 0.223 e. The van der Waals surface area contributed by atoms with Gasteiger partial charge in [-0.3, -0.25) is 4.79 Å². The average Bonchev–Trinajstić information content (AvgIpc) is 2.49. The topological polar surface area (TPSA) is 43.1 Å². The molecule has 2 atom stereocenters. The number of primary amides is 1. The van der Waals surface area contributed by atoms with E-state index in [4.69, 9.17) is 5.73 Å². The van der Waals surface area contributed by atoms with Crippen molar-refractivity contribution in [3.8, 4) is 0 Å². The highest BCUT2D eigenvalue weighted by molar-refractivity contribution is 5.83. The van der Waals surface area contributed by atoms with Crippen molar-refractivity contribution in [3.63, 3.8) is 0 Å². The molecule has 4 rings (SSSR count). The van der Waals surface area contributed by atoms with Gasteiger partial charge in [-0.25, -0.2) is 0 Å². The molecule has 4 saturated carbocycles. The average molecular weight is 179 g/mol. The van der Waals surface area contributed by atoms with Gasteiger partial charge in [0.2, 0.25) is 5.91 Å². The molecule has 0 radical (unpaired) electrons. The highest BCUT2D eigenvalue weighted by Crippen LogP contribution is 2.81. The summed E-state index contributed by atoms with van der Waals surface area (Å²) in [4.78, 5) is 11.5. The molecule has 0 saturated heterocycles. The zero-order valence-electron chi connectivity index (χ0n) is 8.39. The van der Waals surface area contributed by atoms with Crippen LogP contribution in [0.15, 0.2) is 0 Å². The third-order valence-corrected chi connectivity index (χ3v) is 5.53. The van der Waals surface area contributed by atoms with Gasteiger partial charge in [0.25, 0.3) is 0 Å². The summed E-state index contributed by atoms with van der Waals surface area (Å²) in [6.07, 6.45) is 4.62. The highest BCUT2D eigenvalue weighted by atomic mass is 16.1. The minimum absolute atomic E-state index is 0.0255. The van der Waals surface area contributed by atoms with Gasteiger partial charge < -0.3 is 5.73 Å². The molecule has 72 valence electrons. The maximum atomic E-state index is 11.5. The standard InChI is InChI=1S/C11H17NO/c1-9-3-7-4-10(9,2)6-11(7,5-9)8(12)13/h7H,3-6H2,1-2H3,(H2,12,13). The van der Waals surface area contributed by atoms with E-state index in [2.05, 4.69) is 13.8 Å². The first-order chi connectivity index (χ1) is 5.92. The molecule has 1 amide bonds. The van der Waals surface area contributed by atoms with E-state index in [-0.39, 0.29) is 11.3 Å². The number of nitrogens with two attached hydrogens (primary N) is 1. The quantitative estimate of drug-likeness (QED) is 0.654. The number of hydrogen-bond acceptors (Lipinski definition) is 1. The zero-order valence-corrected chi connectivity index (χ0v) is 8.39. The molecule has 4 aliphatic rings. The normalized spacial score (nSPS) is 62.2. The fraction of sp³-hybridized carbons (Fsp3) is 0.909. The number of carbonyl (C=O) groups excluding carboxylic acids is 1. The fourth-order valence-corrected chi connectivity index (χ4v) is 4.73. The molecule has 4 aliphatic carbocycles. The Balaban J connectivity index is 2.14. The molecule has 0 aromatic heterocycles. The maximum absolute atomic E-state index is 11.5. The summed E-state index contributed by atoms with van der Waals surface area (Å²) in [5.41, 5.74) is 6.32. The lowest BCUT2D eigenvalue weighted by molar-refractivity contribution is -0.128. The van der Waals surface area contributed by atoms with Crippen molar-refractivity contribution >= 4 is 5.91 Å². The predicted octanol–water partition coefficient (Wildman–Crippen LogP) is 1.69. The first-order valence-electron chi connectivity index (χ1n) is 5.22. The lowest BCUT2D eigenvalue weighted by Crippen LogP contribution is -2.36. The number of carbonyl (C=O) groups is 1. The van der Waals surface area contributed by atoms with Gasteiger partial charge in [-0.2, -0.15) is 0 Å². The minimum Gasteiger partial charge on any atom is -0.369 e. The van der Waals surface area contributed by atoms with Crippen molar-refractivity contribution in [2.45, 2.75) is 39.5 Å². The summed E-state index contributed by atoms with van der Waals surface area (Å²) < 4.78 is 0. The highest BCUT2D eigenvalue weighted by Gasteiger charge is 2.75. The van der Waals surface area contributed by atoms with Crippen LogP contribution in [0.1, 0.15) is 39.5 Å². The summed E-state index contributed by atoms with van der Waals surface area (Å²) >= 11 is 0. The molecule has 0 spiro atoms. The molecule has 0 heterocycles. The van der Waals surface area contributed by atoms with Crippen LogP contribution < -0.4 is 5.73 Å². The smallest absolute Gasteiger partial charge is 0.223 e. The monoisotopic (exact) mass is 179 g/mol. The molecule has 0 aromatic rings. The van der Waals surface area contributed by atoms with Gasteiger partial charge >= 0.3 is 0 Å². The van der Waals surface area contributed by atoms with Crippen LogP contribution in [-0.4, -0.2) is 5.91 Å². The van der Waals surface area contributed by atoms with E-state index < -0.39 is 0 Å². The van der Waals surface area contributed by atoms with Gasteiger partial charge in [0, 0.05) is 0 Å². The van der Waals surface area contributed by atoms with E-state index in [1.807, 2.05) is 0 Å². The van der Waals surface area contributed by atoms with Crippen LogP contribution in [0.5, 0.6) is 0 Å². The minimum atomic E-state index is -0.0938. The Bertz CT molecular complexity index is 291. The molecule has 4 bridgehead atoms. The molecular weight excluding hydrogens is 162 g/mol. The lowest BCUT2D eigenvalue weighted by Gasteiger charge is -2.33. The van der Waals surface area contributed by atoms with E-state index in [0.717, 1.165) is 12.8 Å². The number of amides is 1. The Morgan fingerprint density at radius 3 is 1.85 bits per heavy atom. The van der Waals surface area contributed by atoms with E-state index >= 15 is 0 Å². The summed E-state index contributed by atoms with van der Waals surface area (Å²) in [5.74, 6) is 0.586. The molecule has 2 N–H and O–H groups in total. The Kier molecular flexibility index (Phi) is 1.00. The predicted molar refractivity (Wildman–Crippen MR) is 49.8 cm³/mol. The van der Waals surface area contributed by atoms with Crippen LogP contribution in [0.25, 0.3) is 0 Å². The van der Waals surface area contributed by atoms with Gasteiger partial charge in [-0.15, -0.1) is 0 Å². The summed E-state index contributed by atoms with van der Waals surface area (Å²) in [5, 5.41) is 0. The third-order valence-electron chi connectivity index (χ3n) is 5.53. The Hall–Kier alpha value is -0.530. The molecule has 2 unspecified atom stereocenters. The van der Waals surface area contributed by atoms with Crippen molar-refractivity contribution in [1.82, 2.24) is 0 Å². The SMILES string of the molecule is CC12CC3CC1(C)CC3(C(N)=O)C2. The Morgan fingerprint density at radius 1 is 1.23 bits per heavy atom. The van der Waals surface area contributed by atoms with Crippen molar-refractivity contribution in [1.29, 1.82) is 0 Å². The van der Waals surface area contributed by atoms with E-state index in [9.17, 15) is 4.79 Å². The Morgan fingerprint density at radius 2 is 1.69 bits per heavy atom. The van der Waals surface area contributed by atoms with Gasteiger partial charge in [0.1, 0.15) is 0 Å². The van der Waals surface area contributed by atoms with Crippen LogP contribution in [0.4, 0.5) is 0 Å². The zero-order chi connectivity index (χ0) is 9.48. The summed E-state index contributed by atoms with van der Waals surface area (Å²) in [6, 6.07) is 0. The van der Waals surface area contributed by atoms with Gasteiger partial charge in [-0.1, -0.05) is 13.8 Å². The molecule has 0 aliphatic heterocycles. The van der Waals surface area contributed by atoms with Crippen molar-refractivity contribution < 1.29 is 4.79 Å². The first kappa shape index (κ1) is 7.84. The molecule has 4 fully saturated rings. The second-order valence-electron chi connectivity index (χ2n) is 6.10. The third kappa shape index (κ3) is 0.570. The van der Waals surface area contributed by atoms with Gasteiger partial charge in [0.05, 0.1) is 5.41 Å². The van der Waals surface area contributed by atoms with Gasteiger partial charge in [-0.05, 0) is 42.4 Å². The van der Waals surface area contributed by atoms with Crippen LogP contribution >= 0.6 is 0 Å². The molecule has 2 heteroatoms. The lowest BCUT2D eigenvalue weighted by atomic mass is 9.71. The van der Waals surface area contributed by atoms with Crippen LogP contribution in [0, 0.1) is 22.2 Å². The van der Waals surface area contributed by atoms with E-state index in [1.54, 1.807) is 0 Å². The van der Waals surface area contributed by atoms with Crippen molar-refractivity contribution in [2.24, 2.45) is 27.9 Å².